The minimum absolute atomic E-state index is 0.187. The Hall–Kier alpha value is -3.24. The van der Waals surface area contributed by atoms with Crippen LogP contribution >= 0.6 is 0 Å². The molecular formula is C18H16N4. The number of aryl methyl sites for hydroxylation is 2. The third-order valence-electron chi connectivity index (χ3n) is 3.12. The van der Waals surface area contributed by atoms with E-state index in [-0.39, 0.29) is 11.4 Å². The summed E-state index contributed by atoms with van der Waals surface area (Å²) < 4.78 is 0. The Morgan fingerprint density at radius 1 is 0.682 bits per heavy atom. The molecule has 0 spiro atoms. The van der Waals surface area contributed by atoms with E-state index < -0.39 is 0 Å². The molecule has 2 aromatic carbocycles. The lowest BCUT2D eigenvalue weighted by atomic mass is 10.2. The summed E-state index contributed by atoms with van der Waals surface area (Å²) >= 11 is 0. The third-order valence-corrected chi connectivity index (χ3v) is 3.12. The Labute approximate surface area is 130 Å². The van der Waals surface area contributed by atoms with Crippen LogP contribution in [0.3, 0.4) is 0 Å². The Kier molecular flexibility index (Phi) is 4.80. The highest BCUT2D eigenvalue weighted by Crippen LogP contribution is 2.16. The number of nitrogens with one attached hydrogen (secondary N) is 2. The predicted molar refractivity (Wildman–Crippen MR) is 87.9 cm³/mol. The summed E-state index contributed by atoms with van der Waals surface area (Å²) in [6.07, 6.45) is 0. The van der Waals surface area contributed by atoms with Crippen LogP contribution in [0.5, 0.6) is 0 Å². The van der Waals surface area contributed by atoms with Gasteiger partial charge in [0.05, 0.1) is 0 Å². The Morgan fingerprint density at radius 2 is 1.00 bits per heavy atom. The molecule has 0 aromatic heterocycles. The van der Waals surface area contributed by atoms with Crippen LogP contribution in [-0.4, -0.2) is 0 Å². The first-order valence-corrected chi connectivity index (χ1v) is 6.84. The molecule has 108 valence electrons. The normalized spacial score (nSPS) is 10.9. The van der Waals surface area contributed by atoms with Crippen LogP contribution in [0.4, 0.5) is 11.4 Å². The van der Waals surface area contributed by atoms with Crippen molar-refractivity contribution in [3.63, 3.8) is 0 Å². The van der Waals surface area contributed by atoms with Gasteiger partial charge in [-0.25, -0.2) is 0 Å². The molecule has 2 aromatic rings. The largest absolute Gasteiger partial charge is 0.344 e. The molecule has 2 rings (SSSR count). The van der Waals surface area contributed by atoms with Crippen LogP contribution in [0.2, 0.25) is 0 Å². The summed E-state index contributed by atoms with van der Waals surface area (Å²) in [6, 6.07) is 19.3. The lowest BCUT2D eigenvalue weighted by molar-refractivity contribution is 1.33. The van der Waals surface area contributed by atoms with Gasteiger partial charge in [0.25, 0.3) is 0 Å². The fraction of sp³-hybridized carbons (Fsp3) is 0.111. The molecule has 0 aliphatic rings. The number of rotatable bonds is 4. The smallest absolute Gasteiger partial charge is 0.152 e. The van der Waals surface area contributed by atoms with Crippen molar-refractivity contribution >= 4 is 11.4 Å². The summed E-state index contributed by atoms with van der Waals surface area (Å²) in [5.74, 6) is 0. The fourth-order valence-corrected chi connectivity index (χ4v) is 1.86. The molecule has 0 fully saturated rings. The maximum absolute atomic E-state index is 9.30. The van der Waals surface area contributed by atoms with Crippen molar-refractivity contribution in [3.05, 3.63) is 71.1 Å². The molecule has 0 aliphatic carbocycles. The highest BCUT2D eigenvalue weighted by Gasteiger charge is 2.07. The van der Waals surface area contributed by atoms with Crippen LogP contribution in [0.15, 0.2) is 59.9 Å². The van der Waals surface area contributed by atoms with Crippen molar-refractivity contribution in [2.45, 2.75) is 13.8 Å². The van der Waals surface area contributed by atoms with E-state index in [1.165, 1.54) is 0 Å². The minimum Gasteiger partial charge on any atom is -0.344 e. The van der Waals surface area contributed by atoms with Gasteiger partial charge in [0.1, 0.15) is 12.1 Å². The number of benzene rings is 2. The van der Waals surface area contributed by atoms with Gasteiger partial charge in [-0.3, -0.25) is 0 Å². The highest BCUT2D eigenvalue weighted by atomic mass is 15.0. The minimum atomic E-state index is 0.187. The summed E-state index contributed by atoms with van der Waals surface area (Å²) in [5, 5.41) is 24.6. The average Bonchev–Trinajstić information content (AvgIpc) is 2.54. The number of allylic oxidation sites excluding steroid dienone is 2. The van der Waals surface area contributed by atoms with E-state index in [0.29, 0.717) is 0 Å². The van der Waals surface area contributed by atoms with Gasteiger partial charge in [0.2, 0.25) is 0 Å². The first-order chi connectivity index (χ1) is 10.6. The van der Waals surface area contributed by atoms with Crippen molar-refractivity contribution in [1.29, 1.82) is 10.5 Å². The van der Waals surface area contributed by atoms with E-state index in [0.717, 1.165) is 22.5 Å². The Morgan fingerprint density at radius 3 is 1.27 bits per heavy atom. The molecule has 0 unspecified atom stereocenters. The van der Waals surface area contributed by atoms with Gasteiger partial charge in [-0.2, -0.15) is 10.5 Å². The SMILES string of the molecule is Cc1ccc(N/C(C#N)=C(/C#N)Nc2ccc(C)cc2)cc1. The summed E-state index contributed by atoms with van der Waals surface area (Å²) in [4.78, 5) is 0. The molecule has 22 heavy (non-hydrogen) atoms. The van der Waals surface area contributed by atoms with E-state index in [1.54, 1.807) is 0 Å². The second-order valence-electron chi connectivity index (χ2n) is 4.96. The molecule has 0 bridgehead atoms. The molecule has 0 atom stereocenters. The fourth-order valence-electron chi connectivity index (χ4n) is 1.86. The third kappa shape index (κ3) is 3.88. The van der Waals surface area contributed by atoms with Gasteiger partial charge in [0, 0.05) is 11.4 Å². The van der Waals surface area contributed by atoms with Crippen molar-refractivity contribution in [3.8, 4) is 12.1 Å². The number of nitriles is 2. The van der Waals surface area contributed by atoms with Crippen LogP contribution in [0, 0.1) is 36.5 Å². The predicted octanol–water partition coefficient (Wildman–Crippen LogP) is 4.09. The number of nitrogens with zero attached hydrogens (tertiary/aromatic N) is 2. The van der Waals surface area contributed by atoms with Crippen LogP contribution < -0.4 is 10.6 Å². The van der Waals surface area contributed by atoms with Crippen molar-refractivity contribution in [2.75, 3.05) is 10.6 Å². The quantitative estimate of drug-likeness (QED) is 0.831. The second-order valence-corrected chi connectivity index (χ2v) is 4.96. The van der Waals surface area contributed by atoms with Gasteiger partial charge < -0.3 is 10.6 Å². The van der Waals surface area contributed by atoms with E-state index in [9.17, 15) is 10.5 Å². The maximum Gasteiger partial charge on any atom is 0.152 e. The zero-order chi connectivity index (χ0) is 15.9. The average molecular weight is 288 g/mol. The van der Waals surface area contributed by atoms with Crippen LogP contribution in [0.1, 0.15) is 11.1 Å². The molecule has 2 N–H and O–H groups in total. The van der Waals surface area contributed by atoms with Crippen molar-refractivity contribution in [2.24, 2.45) is 0 Å². The Balaban J connectivity index is 2.25. The molecule has 4 nitrogen and oxygen atoms in total. The molecule has 0 saturated carbocycles. The van der Waals surface area contributed by atoms with Gasteiger partial charge in [-0.05, 0) is 38.1 Å². The molecule has 4 heteroatoms. The molecule has 0 heterocycles. The number of hydrogen-bond acceptors (Lipinski definition) is 4. The van der Waals surface area contributed by atoms with E-state index in [2.05, 4.69) is 10.6 Å². The summed E-state index contributed by atoms with van der Waals surface area (Å²) in [5.41, 5.74) is 4.16. The maximum atomic E-state index is 9.30. The van der Waals surface area contributed by atoms with Gasteiger partial charge in [-0.1, -0.05) is 35.4 Å². The van der Waals surface area contributed by atoms with Crippen molar-refractivity contribution in [1.82, 2.24) is 0 Å². The molecular weight excluding hydrogens is 272 g/mol. The first kappa shape index (κ1) is 15.2. The number of anilines is 2. The monoisotopic (exact) mass is 288 g/mol. The standard InChI is InChI=1S/C18H16N4/c1-13-3-7-15(8-4-13)21-17(11-19)18(12-20)22-16-9-5-14(2)6-10-16/h3-10,21-22H,1-2H3/b18-17-. The summed E-state index contributed by atoms with van der Waals surface area (Å²) in [7, 11) is 0. The van der Waals surface area contributed by atoms with Crippen molar-refractivity contribution < 1.29 is 0 Å². The highest BCUT2D eigenvalue weighted by molar-refractivity contribution is 5.61. The Bertz CT molecular complexity index is 689. The molecule has 0 aliphatic heterocycles. The summed E-state index contributed by atoms with van der Waals surface area (Å²) in [6.45, 7) is 3.98. The van der Waals surface area contributed by atoms with E-state index in [1.807, 2.05) is 74.5 Å². The lowest BCUT2D eigenvalue weighted by Crippen LogP contribution is -2.07. The zero-order valence-corrected chi connectivity index (χ0v) is 12.5. The van der Waals surface area contributed by atoms with Gasteiger partial charge in [0.15, 0.2) is 11.4 Å². The molecule has 0 radical (unpaired) electrons. The molecule has 0 saturated heterocycles. The number of hydrogen-bond donors (Lipinski definition) is 2. The van der Waals surface area contributed by atoms with E-state index in [4.69, 9.17) is 0 Å². The van der Waals surface area contributed by atoms with Gasteiger partial charge in [-0.15, -0.1) is 0 Å². The lowest BCUT2D eigenvalue weighted by Gasteiger charge is -2.10. The topological polar surface area (TPSA) is 71.6 Å². The molecule has 0 amide bonds. The first-order valence-electron chi connectivity index (χ1n) is 6.84. The van der Waals surface area contributed by atoms with E-state index >= 15 is 0 Å². The van der Waals surface area contributed by atoms with Gasteiger partial charge >= 0.3 is 0 Å². The second kappa shape index (κ2) is 6.97. The van der Waals surface area contributed by atoms with Crippen LogP contribution in [0.25, 0.3) is 0 Å². The van der Waals surface area contributed by atoms with Crippen LogP contribution in [-0.2, 0) is 0 Å². The zero-order valence-electron chi connectivity index (χ0n) is 12.5.